The molecule has 3 aromatic carbocycles. The van der Waals surface area contributed by atoms with Crippen molar-refractivity contribution in [3.63, 3.8) is 0 Å². The first-order valence-electron chi connectivity index (χ1n) is 11.8. The maximum Gasteiger partial charge on any atom is 0.295 e. The van der Waals surface area contributed by atoms with Crippen molar-refractivity contribution in [2.24, 2.45) is 0 Å². The van der Waals surface area contributed by atoms with E-state index < -0.39 is 17.7 Å². The molecule has 1 N–H and O–H groups in total. The van der Waals surface area contributed by atoms with Crippen LogP contribution in [0.4, 0.5) is 0 Å². The third-order valence-corrected chi connectivity index (χ3v) is 5.98. The standard InChI is InChI=1S/C29H29NO6/c1-4-35-22-14-11-20(12-15-22)27(31)25-26(21-13-16-23(36-5-2)24(17-21)34-3)30(29(33)28(25)32)18-19-9-7-6-8-10-19/h6-17,26,31H,4-5,18H2,1-3H3. The number of likely N-dealkylation sites (tertiary alicyclic amines) is 1. The van der Waals surface area contributed by atoms with Gasteiger partial charge in [-0.1, -0.05) is 36.4 Å². The lowest BCUT2D eigenvalue weighted by atomic mass is 9.94. The molecule has 1 atom stereocenters. The van der Waals surface area contributed by atoms with Crippen molar-refractivity contribution in [2.75, 3.05) is 20.3 Å². The number of aliphatic hydroxyl groups excluding tert-OH is 1. The van der Waals surface area contributed by atoms with E-state index in [4.69, 9.17) is 14.2 Å². The van der Waals surface area contributed by atoms with Crippen LogP contribution < -0.4 is 14.2 Å². The van der Waals surface area contributed by atoms with Crippen LogP contribution in [0.2, 0.25) is 0 Å². The lowest BCUT2D eigenvalue weighted by molar-refractivity contribution is -0.140. The number of hydrogen-bond acceptors (Lipinski definition) is 6. The minimum Gasteiger partial charge on any atom is -0.507 e. The molecule has 0 spiro atoms. The van der Waals surface area contributed by atoms with Crippen LogP contribution in [0.5, 0.6) is 17.2 Å². The lowest BCUT2D eigenvalue weighted by Gasteiger charge is -2.26. The summed E-state index contributed by atoms with van der Waals surface area (Å²) in [6, 6.07) is 20.6. The van der Waals surface area contributed by atoms with Crippen molar-refractivity contribution < 1.29 is 28.9 Å². The largest absolute Gasteiger partial charge is 0.507 e. The summed E-state index contributed by atoms with van der Waals surface area (Å²) in [7, 11) is 1.53. The molecule has 1 unspecified atom stereocenters. The predicted molar refractivity (Wildman–Crippen MR) is 136 cm³/mol. The van der Waals surface area contributed by atoms with Gasteiger partial charge < -0.3 is 24.2 Å². The van der Waals surface area contributed by atoms with Crippen LogP contribution in [0.15, 0.2) is 78.4 Å². The van der Waals surface area contributed by atoms with Gasteiger partial charge in [-0.05, 0) is 61.4 Å². The van der Waals surface area contributed by atoms with E-state index in [1.807, 2.05) is 44.2 Å². The number of ether oxygens (including phenoxy) is 3. The van der Waals surface area contributed by atoms with Gasteiger partial charge in [-0.25, -0.2) is 0 Å². The van der Waals surface area contributed by atoms with Gasteiger partial charge in [0.05, 0.1) is 31.9 Å². The topological polar surface area (TPSA) is 85.3 Å². The van der Waals surface area contributed by atoms with Gasteiger partial charge in [0.1, 0.15) is 11.5 Å². The van der Waals surface area contributed by atoms with Crippen molar-refractivity contribution >= 4 is 17.4 Å². The smallest absolute Gasteiger partial charge is 0.295 e. The number of nitrogens with zero attached hydrogens (tertiary/aromatic N) is 1. The Labute approximate surface area is 210 Å². The van der Waals surface area contributed by atoms with E-state index in [1.54, 1.807) is 42.5 Å². The second kappa shape index (κ2) is 11.0. The second-order valence-corrected chi connectivity index (χ2v) is 8.21. The van der Waals surface area contributed by atoms with E-state index in [0.29, 0.717) is 41.6 Å². The number of carbonyl (C=O) groups is 2. The molecule has 1 amide bonds. The zero-order valence-corrected chi connectivity index (χ0v) is 20.6. The molecule has 1 saturated heterocycles. The van der Waals surface area contributed by atoms with E-state index in [1.165, 1.54) is 12.0 Å². The van der Waals surface area contributed by atoms with Crippen molar-refractivity contribution in [3.8, 4) is 17.2 Å². The summed E-state index contributed by atoms with van der Waals surface area (Å²) < 4.78 is 16.6. The normalized spacial score (nSPS) is 16.8. The molecule has 1 fully saturated rings. The van der Waals surface area contributed by atoms with Gasteiger partial charge in [0.25, 0.3) is 11.7 Å². The van der Waals surface area contributed by atoms with Gasteiger partial charge in [-0.3, -0.25) is 9.59 Å². The van der Waals surface area contributed by atoms with E-state index in [-0.39, 0.29) is 17.9 Å². The molecular weight excluding hydrogens is 458 g/mol. The Balaban J connectivity index is 1.85. The first-order valence-corrected chi connectivity index (χ1v) is 11.8. The van der Waals surface area contributed by atoms with Crippen LogP contribution in [0.3, 0.4) is 0 Å². The van der Waals surface area contributed by atoms with Crippen LogP contribution in [0.25, 0.3) is 5.76 Å². The molecule has 4 rings (SSSR count). The summed E-state index contributed by atoms with van der Waals surface area (Å²) in [4.78, 5) is 28.0. The van der Waals surface area contributed by atoms with Crippen LogP contribution in [0, 0.1) is 0 Å². The Bertz CT molecular complexity index is 1270. The van der Waals surface area contributed by atoms with E-state index >= 15 is 0 Å². The average Bonchev–Trinajstić information content (AvgIpc) is 3.15. The van der Waals surface area contributed by atoms with Crippen molar-refractivity contribution in [1.29, 1.82) is 0 Å². The molecule has 1 aliphatic heterocycles. The van der Waals surface area contributed by atoms with Crippen LogP contribution in [-0.4, -0.2) is 42.0 Å². The third kappa shape index (κ3) is 4.91. The highest BCUT2D eigenvalue weighted by Gasteiger charge is 2.46. The molecule has 186 valence electrons. The Morgan fingerprint density at radius 1 is 0.889 bits per heavy atom. The number of ketones is 1. The summed E-state index contributed by atoms with van der Waals surface area (Å²) in [6.45, 7) is 4.92. The van der Waals surface area contributed by atoms with Gasteiger partial charge in [0, 0.05) is 12.1 Å². The molecule has 0 bridgehead atoms. The maximum absolute atomic E-state index is 13.3. The number of Topliss-reactive ketones (excluding diaryl/α,β-unsaturated/α-hetero) is 1. The van der Waals surface area contributed by atoms with Gasteiger partial charge in [-0.2, -0.15) is 0 Å². The Hall–Kier alpha value is -4.26. The van der Waals surface area contributed by atoms with Crippen molar-refractivity contribution in [1.82, 2.24) is 4.90 Å². The molecular formula is C29H29NO6. The van der Waals surface area contributed by atoms with Crippen LogP contribution in [0.1, 0.15) is 36.6 Å². The Kier molecular flexibility index (Phi) is 7.59. The zero-order valence-electron chi connectivity index (χ0n) is 20.6. The Morgan fingerprint density at radius 2 is 1.58 bits per heavy atom. The monoisotopic (exact) mass is 487 g/mol. The number of aliphatic hydroxyl groups is 1. The van der Waals surface area contributed by atoms with Crippen LogP contribution >= 0.6 is 0 Å². The summed E-state index contributed by atoms with van der Waals surface area (Å²) in [5.41, 5.74) is 1.92. The molecule has 0 radical (unpaired) electrons. The third-order valence-electron chi connectivity index (χ3n) is 5.98. The molecule has 7 heteroatoms. The molecule has 0 aromatic heterocycles. The first kappa shape index (κ1) is 24.9. The van der Waals surface area contributed by atoms with Gasteiger partial charge in [0.2, 0.25) is 0 Å². The van der Waals surface area contributed by atoms with Gasteiger partial charge in [-0.15, -0.1) is 0 Å². The molecule has 0 saturated carbocycles. The molecule has 3 aromatic rings. The highest BCUT2D eigenvalue weighted by molar-refractivity contribution is 6.46. The summed E-state index contributed by atoms with van der Waals surface area (Å²) >= 11 is 0. The first-order chi connectivity index (χ1) is 17.5. The number of hydrogen-bond donors (Lipinski definition) is 1. The average molecular weight is 488 g/mol. The number of rotatable bonds is 9. The van der Waals surface area contributed by atoms with Gasteiger partial charge >= 0.3 is 0 Å². The second-order valence-electron chi connectivity index (χ2n) is 8.21. The number of amides is 1. The Morgan fingerprint density at radius 3 is 2.22 bits per heavy atom. The zero-order chi connectivity index (χ0) is 25.7. The molecule has 1 heterocycles. The van der Waals surface area contributed by atoms with E-state index in [9.17, 15) is 14.7 Å². The minimum absolute atomic E-state index is 0.0197. The summed E-state index contributed by atoms with van der Waals surface area (Å²) in [5, 5.41) is 11.3. The van der Waals surface area contributed by atoms with Gasteiger partial charge in [0.15, 0.2) is 11.5 Å². The maximum atomic E-state index is 13.3. The fourth-order valence-corrected chi connectivity index (χ4v) is 4.33. The number of methoxy groups -OCH3 is 1. The molecule has 36 heavy (non-hydrogen) atoms. The van der Waals surface area contributed by atoms with E-state index in [2.05, 4.69) is 0 Å². The highest BCUT2D eigenvalue weighted by Crippen LogP contribution is 2.42. The SMILES string of the molecule is CCOc1ccc(C(O)=C2C(=O)C(=O)N(Cc3ccccc3)C2c2ccc(OCC)c(OC)c2)cc1. The number of carbonyl (C=O) groups excluding carboxylic acids is 2. The molecule has 7 nitrogen and oxygen atoms in total. The molecule has 1 aliphatic rings. The predicted octanol–water partition coefficient (Wildman–Crippen LogP) is 5.11. The minimum atomic E-state index is -0.818. The van der Waals surface area contributed by atoms with Crippen LogP contribution in [-0.2, 0) is 16.1 Å². The summed E-state index contributed by atoms with van der Waals surface area (Å²) in [6.07, 6.45) is 0. The number of benzene rings is 3. The van der Waals surface area contributed by atoms with E-state index in [0.717, 1.165) is 5.56 Å². The van der Waals surface area contributed by atoms with Crippen molar-refractivity contribution in [3.05, 3.63) is 95.1 Å². The lowest BCUT2D eigenvalue weighted by Crippen LogP contribution is -2.29. The fraction of sp³-hybridized carbons (Fsp3) is 0.241. The summed E-state index contributed by atoms with van der Waals surface area (Å²) in [5.74, 6) is 0.00605. The molecule has 0 aliphatic carbocycles. The highest BCUT2D eigenvalue weighted by atomic mass is 16.5. The fourth-order valence-electron chi connectivity index (χ4n) is 4.33. The van der Waals surface area contributed by atoms with Crippen molar-refractivity contribution in [2.45, 2.75) is 26.4 Å². The quantitative estimate of drug-likeness (QED) is 0.256.